The van der Waals surface area contributed by atoms with Gasteiger partial charge in [-0.25, -0.2) is 0 Å². The van der Waals surface area contributed by atoms with Crippen molar-refractivity contribution in [3.05, 3.63) is 29.3 Å². The van der Waals surface area contributed by atoms with Crippen LogP contribution in [0.4, 0.5) is 13.2 Å². The lowest BCUT2D eigenvalue weighted by Crippen LogP contribution is -2.20. The summed E-state index contributed by atoms with van der Waals surface area (Å²) in [4.78, 5) is 0. The first-order valence-electron chi connectivity index (χ1n) is 6.31. The summed E-state index contributed by atoms with van der Waals surface area (Å²) in [6.07, 6.45) is -3.74. The topological polar surface area (TPSA) is 77.1 Å². The Labute approximate surface area is 119 Å². The fourth-order valence-corrected chi connectivity index (χ4v) is 2.05. The Hall–Kier alpha value is -1.96. The number of nitrogens with zero attached hydrogens (tertiary/aromatic N) is 1. The molecular formula is C13H15F3N2O3. The molecule has 21 heavy (non-hydrogen) atoms. The lowest BCUT2D eigenvalue weighted by atomic mass is 10.1. The molecule has 0 aliphatic carbocycles. The number of halogens is 3. The maximum absolute atomic E-state index is 12.9. The van der Waals surface area contributed by atoms with Gasteiger partial charge in [-0.2, -0.15) is 13.2 Å². The van der Waals surface area contributed by atoms with Crippen molar-refractivity contribution >= 4 is 5.84 Å². The molecule has 1 heterocycles. The molecule has 0 radical (unpaired) electrons. The van der Waals surface area contributed by atoms with E-state index in [1.807, 2.05) is 0 Å². The van der Waals surface area contributed by atoms with Crippen LogP contribution in [0.3, 0.4) is 0 Å². The lowest BCUT2D eigenvalue weighted by Gasteiger charge is -2.15. The molecule has 8 heteroatoms. The summed E-state index contributed by atoms with van der Waals surface area (Å²) in [7, 11) is 0. The monoisotopic (exact) mass is 304 g/mol. The van der Waals surface area contributed by atoms with Crippen molar-refractivity contribution in [3.8, 4) is 5.75 Å². The van der Waals surface area contributed by atoms with Crippen LogP contribution in [-0.2, 0) is 10.9 Å². The van der Waals surface area contributed by atoms with Gasteiger partial charge in [-0.15, -0.1) is 0 Å². The van der Waals surface area contributed by atoms with Gasteiger partial charge in [0.05, 0.1) is 18.8 Å². The zero-order chi connectivity index (χ0) is 15.5. The molecule has 0 amide bonds. The molecule has 1 aromatic carbocycles. The second-order valence-corrected chi connectivity index (χ2v) is 4.73. The van der Waals surface area contributed by atoms with Crippen molar-refractivity contribution in [2.45, 2.75) is 12.6 Å². The van der Waals surface area contributed by atoms with E-state index in [1.54, 1.807) is 0 Å². The van der Waals surface area contributed by atoms with E-state index in [9.17, 15) is 13.2 Å². The fourth-order valence-electron chi connectivity index (χ4n) is 2.05. The molecule has 1 aliphatic rings. The molecule has 3 N–H and O–H groups in total. The maximum Gasteiger partial charge on any atom is 0.417 e. The van der Waals surface area contributed by atoms with Gasteiger partial charge in [0.15, 0.2) is 5.84 Å². The fraction of sp³-hybridized carbons (Fsp3) is 0.462. The summed E-state index contributed by atoms with van der Waals surface area (Å²) < 4.78 is 49.2. The Bertz CT molecular complexity index is 526. The second-order valence-electron chi connectivity index (χ2n) is 4.73. The number of ether oxygens (including phenoxy) is 2. The largest absolute Gasteiger partial charge is 0.493 e. The normalized spacial score (nSPS) is 19.8. The number of hydrogen-bond acceptors (Lipinski definition) is 4. The van der Waals surface area contributed by atoms with Gasteiger partial charge in [-0.1, -0.05) is 5.16 Å². The van der Waals surface area contributed by atoms with Gasteiger partial charge in [0.2, 0.25) is 0 Å². The molecular weight excluding hydrogens is 289 g/mol. The Morgan fingerprint density at radius 2 is 2.24 bits per heavy atom. The van der Waals surface area contributed by atoms with Crippen molar-refractivity contribution in [1.29, 1.82) is 0 Å². The van der Waals surface area contributed by atoms with E-state index >= 15 is 0 Å². The van der Waals surface area contributed by atoms with Crippen LogP contribution in [0.25, 0.3) is 0 Å². The van der Waals surface area contributed by atoms with Crippen LogP contribution >= 0.6 is 0 Å². The van der Waals surface area contributed by atoms with E-state index in [4.69, 9.17) is 20.4 Å². The van der Waals surface area contributed by atoms with E-state index in [2.05, 4.69) is 5.16 Å². The first kappa shape index (κ1) is 15.4. The molecule has 1 saturated heterocycles. The van der Waals surface area contributed by atoms with E-state index in [0.29, 0.717) is 19.8 Å². The third-order valence-electron chi connectivity index (χ3n) is 3.19. The molecule has 1 unspecified atom stereocenters. The predicted octanol–water partition coefficient (Wildman–Crippen LogP) is 2.22. The van der Waals surface area contributed by atoms with E-state index in [0.717, 1.165) is 18.6 Å². The summed E-state index contributed by atoms with van der Waals surface area (Å²) >= 11 is 0. The average Bonchev–Trinajstić information content (AvgIpc) is 2.96. The number of amidine groups is 1. The van der Waals surface area contributed by atoms with Crippen LogP contribution < -0.4 is 10.5 Å². The van der Waals surface area contributed by atoms with Gasteiger partial charge in [0, 0.05) is 18.1 Å². The van der Waals surface area contributed by atoms with Gasteiger partial charge in [-0.05, 0) is 24.6 Å². The molecule has 0 aromatic heterocycles. The summed E-state index contributed by atoms with van der Waals surface area (Å²) in [6, 6.07) is 3.19. The molecule has 1 aromatic rings. The molecule has 116 valence electrons. The van der Waals surface area contributed by atoms with Gasteiger partial charge in [-0.3, -0.25) is 0 Å². The SMILES string of the molecule is N/C(=N/O)c1cc(OCC2CCOC2)ccc1C(F)(F)F. The van der Waals surface area contributed by atoms with Crippen LogP contribution in [0.5, 0.6) is 5.75 Å². The number of rotatable bonds is 4. The van der Waals surface area contributed by atoms with Gasteiger partial charge >= 0.3 is 6.18 Å². The number of oxime groups is 1. The number of nitrogens with two attached hydrogens (primary N) is 1. The highest BCUT2D eigenvalue weighted by molar-refractivity contribution is 5.99. The smallest absolute Gasteiger partial charge is 0.417 e. The first-order valence-corrected chi connectivity index (χ1v) is 6.31. The van der Waals surface area contributed by atoms with Crippen molar-refractivity contribution < 1.29 is 27.9 Å². The average molecular weight is 304 g/mol. The maximum atomic E-state index is 12.9. The van der Waals surface area contributed by atoms with Crippen LogP contribution in [0.1, 0.15) is 17.5 Å². The third kappa shape index (κ3) is 3.78. The standard InChI is InChI=1S/C13H15F3N2O3/c14-13(15,16)11-2-1-9(5-10(11)12(17)18-19)21-7-8-3-4-20-6-8/h1-2,5,8,19H,3-4,6-7H2,(H2,17,18). The number of benzene rings is 1. The number of hydrogen-bond donors (Lipinski definition) is 2. The first-order chi connectivity index (χ1) is 9.91. The highest BCUT2D eigenvalue weighted by Crippen LogP contribution is 2.34. The molecule has 2 rings (SSSR count). The van der Waals surface area contributed by atoms with Gasteiger partial charge < -0.3 is 20.4 Å². The van der Waals surface area contributed by atoms with E-state index < -0.39 is 23.1 Å². The Morgan fingerprint density at radius 3 is 2.81 bits per heavy atom. The van der Waals surface area contributed by atoms with Gasteiger partial charge in [0.1, 0.15) is 5.75 Å². The molecule has 1 aliphatic heterocycles. The second kappa shape index (κ2) is 6.21. The van der Waals surface area contributed by atoms with Crippen molar-refractivity contribution in [1.82, 2.24) is 0 Å². The quantitative estimate of drug-likeness (QED) is 0.387. The van der Waals surface area contributed by atoms with Crippen LogP contribution in [0.15, 0.2) is 23.4 Å². The van der Waals surface area contributed by atoms with Crippen LogP contribution in [0.2, 0.25) is 0 Å². The molecule has 1 atom stereocenters. The Balaban J connectivity index is 2.20. The van der Waals surface area contributed by atoms with Crippen LogP contribution in [-0.4, -0.2) is 30.9 Å². The molecule has 5 nitrogen and oxygen atoms in total. The van der Waals surface area contributed by atoms with E-state index in [-0.39, 0.29) is 11.7 Å². The zero-order valence-corrected chi connectivity index (χ0v) is 11.1. The molecule has 0 bridgehead atoms. The molecule has 0 saturated carbocycles. The van der Waals surface area contributed by atoms with E-state index in [1.165, 1.54) is 6.07 Å². The van der Waals surface area contributed by atoms with Crippen molar-refractivity contribution in [3.63, 3.8) is 0 Å². The van der Waals surface area contributed by atoms with Crippen molar-refractivity contribution in [2.75, 3.05) is 19.8 Å². The summed E-state index contributed by atoms with van der Waals surface area (Å²) in [6.45, 7) is 1.59. The highest BCUT2D eigenvalue weighted by atomic mass is 19.4. The minimum absolute atomic E-state index is 0.222. The Kier molecular flexibility index (Phi) is 4.56. The lowest BCUT2D eigenvalue weighted by molar-refractivity contribution is -0.137. The van der Waals surface area contributed by atoms with Crippen molar-refractivity contribution in [2.24, 2.45) is 16.8 Å². The highest BCUT2D eigenvalue weighted by Gasteiger charge is 2.34. The van der Waals surface area contributed by atoms with Crippen LogP contribution in [0, 0.1) is 5.92 Å². The summed E-state index contributed by atoms with van der Waals surface area (Å²) in [5.74, 6) is -0.159. The summed E-state index contributed by atoms with van der Waals surface area (Å²) in [5.41, 5.74) is 3.91. The summed E-state index contributed by atoms with van der Waals surface area (Å²) in [5, 5.41) is 11.2. The third-order valence-corrected chi connectivity index (χ3v) is 3.19. The van der Waals surface area contributed by atoms with Gasteiger partial charge in [0.25, 0.3) is 0 Å². The molecule has 1 fully saturated rings. The minimum Gasteiger partial charge on any atom is -0.493 e. The minimum atomic E-state index is -4.59. The zero-order valence-electron chi connectivity index (χ0n) is 11.1. The molecule has 0 spiro atoms. The predicted molar refractivity (Wildman–Crippen MR) is 68.4 cm³/mol. The Morgan fingerprint density at radius 1 is 1.48 bits per heavy atom. The number of alkyl halides is 3.